The van der Waals surface area contributed by atoms with Gasteiger partial charge in [0, 0.05) is 0 Å². The Labute approximate surface area is 92.6 Å². The third-order valence-electron chi connectivity index (χ3n) is 1.96. The molecular formula is C10H14N2O4. The summed E-state index contributed by atoms with van der Waals surface area (Å²) in [6.45, 7) is 3.03. The van der Waals surface area contributed by atoms with Crippen molar-refractivity contribution in [2.75, 3.05) is 0 Å². The van der Waals surface area contributed by atoms with E-state index in [2.05, 4.69) is 10.6 Å². The third kappa shape index (κ3) is 3.30. The van der Waals surface area contributed by atoms with Crippen LogP contribution in [0.5, 0.6) is 0 Å². The van der Waals surface area contributed by atoms with Crippen LogP contribution in [0.15, 0.2) is 22.8 Å². The number of carbonyl (C=O) groups excluding carboxylic acids is 1. The number of urea groups is 1. The van der Waals surface area contributed by atoms with Crippen molar-refractivity contribution in [1.29, 1.82) is 0 Å². The topological polar surface area (TPSA) is 91.6 Å². The maximum absolute atomic E-state index is 11.3. The molecular weight excluding hydrogens is 212 g/mol. The molecule has 0 aliphatic carbocycles. The second-order valence-corrected chi connectivity index (χ2v) is 3.82. The van der Waals surface area contributed by atoms with Crippen LogP contribution >= 0.6 is 0 Å². The maximum Gasteiger partial charge on any atom is 0.328 e. The first kappa shape index (κ1) is 12.1. The van der Waals surface area contributed by atoms with Crippen molar-refractivity contribution in [3.63, 3.8) is 0 Å². The lowest BCUT2D eigenvalue weighted by molar-refractivity contribution is -0.142. The lowest BCUT2D eigenvalue weighted by atomic mass is 10.1. The summed E-state index contributed by atoms with van der Waals surface area (Å²) in [5.41, 5.74) is -1.30. The minimum atomic E-state index is -1.30. The number of nitrogens with one attached hydrogen (secondary N) is 2. The molecule has 2 amide bonds. The molecule has 0 fully saturated rings. The summed E-state index contributed by atoms with van der Waals surface area (Å²) in [6, 6.07) is 2.86. The molecule has 6 nitrogen and oxygen atoms in total. The molecule has 1 aromatic heterocycles. The largest absolute Gasteiger partial charge is 0.480 e. The molecule has 1 rings (SSSR count). The van der Waals surface area contributed by atoms with E-state index < -0.39 is 17.5 Å². The van der Waals surface area contributed by atoms with Crippen LogP contribution in [0.2, 0.25) is 0 Å². The molecule has 0 atom stereocenters. The van der Waals surface area contributed by atoms with E-state index >= 15 is 0 Å². The summed E-state index contributed by atoms with van der Waals surface area (Å²) >= 11 is 0. The maximum atomic E-state index is 11.3. The molecule has 0 aliphatic rings. The van der Waals surface area contributed by atoms with Crippen molar-refractivity contribution in [2.24, 2.45) is 0 Å². The lowest BCUT2D eigenvalue weighted by Gasteiger charge is -2.20. The van der Waals surface area contributed by atoms with Crippen LogP contribution in [0, 0.1) is 0 Å². The van der Waals surface area contributed by atoms with Crippen LogP contribution < -0.4 is 10.6 Å². The Bertz CT molecular complexity index is 370. The van der Waals surface area contributed by atoms with Gasteiger partial charge in [-0.1, -0.05) is 0 Å². The fourth-order valence-corrected chi connectivity index (χ4v) is 0.962. The second-order valence-electron chi connectivity index (χ2n) is 3.82. The molecule has 0 radical (unpaired) electrons. The van der Waals surface area contributed by atoms with Gasteiger partial charge in [-0.15, -0.1) is 0 Å². The van der Waals surface area contributed by atoms with Crippen LogP contribution in [0.3, 0.4) is 0 Å². The fourth-order valence-electron chi connectivity index (χ4n) is 0.962. The van der Waals surface area contributed by atoms with Gasteiger partial charge in [0.15, 0.2) is 0 Å². The van der Waals surface area contributed by atoms with Crippen molar-refractivity contribution in [1.82, 2.24) is 10.6 Å². The van der Waals surface area contributed by atoms with E-state index in [4.69, 9.17) is 9.52 Å². The molecule has 88 valence electrons. The van der Waals surface area contributed by atoms with E-state index in [9.17, 15) is 9.59 Å². The first-order valence-electron chi connectivity index (χ1n) is 4.73. The van der Waals surface area contributed by atoms with Gasteiger partial charge in [-0.05, 0) is 26.0 Å². The number of carbonyl (C=O) groups is 2. The first-order valence-corrected chi connectivity index (χ1v) is 4.73. The van der Waals surface area contributed by atoms with Gasteiger partial charge in [0.05, 0.1) is 12.8 Å². The van der Waals surface area contributed by atoms with Gasteiger partial charge < -0.3 is 20.2 Å². The van der Waals surface area contributed by atoms with Gasteiger partial charge in [0.25, 0.3) is 0 Å². The zero-order valence-electron chi connectivity index (χ0n) is 9.11. The summed E-state index contributed by atoms with van der Waals surface area (Å²) < 4.78 is 5.00. The molecule has 0 spiro atoms. The number of hydrogen-bond donors (Lipinski definition) is 3. The minimum Gasteiger partial charge on any atom is -0.480 e. The Kier molecular flexibility index (Phi) is 3.55. The van der Waals surface area contributed by atoms with E-state index in [0.717, 1.165) is 0 Å². The molecule has 6 heteroatoms. The van der Waals surface area contributed by atoms with E-state index in [1.807, 2.05) is 0 Å². The number of furan rings is 1. The smallest absolute Gasteiger partial charge is 0.328 e. The van der Waals surface area contributed by atoms with Gasteiger partial charge in [0.2, 0.25) is 0 Å². The Balaban J connectivity index is 2.39. The molecule has 3 N–H and O–H groups in total. The molecule has 0 aromatic carbocycles. The van der Waals surface area contributed by atoms with E-state index in [0.29, 0.717) is 5.76 Å². The van der Waals surface area contributed by atoms with Crippen LogP contribution in [-0.4, -0.2) is 22.6 Å². The third-order valence-corrected chi connectivity index (χ3v) is 1.96. The number of carboxylic acid groups (broad SMARTS) is 1. The molecule has 1 aromatic rings. The molecule has 0 saturated carbocycles. The standard InChI is InChI=1S/C10H14N2O4/c1-10(2,8(13)14)12-9(15)11-6-7-4-3-5-16-7/h3-5H,6H2,1-2H3,(H,13,14)(H2,11,12,15). The van der Waals surface area contributed by atoms with Crippen LogP contribution in [-0.2, 0) is 11.3 Å². The number of aliphatic carboxylic acids is 1. The normalized spacial score (nSPS) is 10.9. The Hall–Kier alpha value is -1.98. The average molecular weight is 226 g/mol. The molecule has 0 saturated heterocycles. The molecule has 0 unspecified atom stereocenters. The van der Waals surface area contributed by atoms with Crippen molar-refractivity contribution in [3.8, 4) is 0 Å². The lowest BCUT2D eigenvalue weighted by Crippen LogP contribution is -2.52. The predicted molar refractivity (Wildman–Crippen MR) is 55.8 cm³/mol. The summed E-state index contributed by atoms with van der Waals surface area (Å²) in [4.78, 5) is 22.1. The van der Waals surface area contributed by atoms with E-state index in [1.165, 1.54) is 20.1 Å². The zero-order chi connectivity index (χ0) is 12.2. The summed E-state index contributed by atoms with van der Waals surface area (Å²) in [7, 11) is 0. The summed E-state index contributed by atoms with van der Waals surface area (Å²) in [5, 5.41) is 13.6. The average Bonchev–Trinajstić information content (AvgIpc) is 2.66. The highest BCUT2D eigenvalue weighted by Gasteiger charge is 2.28. The molecule has 0 aliphatic heterocycles. The van der Waals surface area contributed by atoms with Crippen molar-refractivity contribution < 1.29 is 19.1 Å². The monoisotopic (exact) mass is 226 g/mol. The van der Waals surface area contributed by atoms with Gasteiger partial charge in [-0.3, -0.25) is 0 Å². The molecule has 0 bridgehead atoms. The Morgan fingerprint density at radius 1 is 1.50 bits per heavy atom. The minimum absolute atomic E-state index is 0.217. The van der Waals surface area contributed by atoms with Crippen LogP contribution in [0.4, 0.5) is 4.79 Å². The van der Waals surface area contributed by atoms with Gasteiger partial charge in [0.1, 0.15) is 11.3 Å². The summed E-state index contributed by atoms with van der Waals surface area (Å²) in [6.07, 6.45) is 1.50. The number of amides is 2. The number of rotatable bonds is 4. The SMILES string of the molecule is CC(C)(NC(=O)NCc1ccco1)C(=O)O. The Morgan fingerprint density at radius 2 is 2.19 bits per heavy atom. The second kappa shape index (κ2) is 4.69. The zero-order valence-corrected chi connectivity index (χ0v) is 9.11. The van der Waals surface area contributed by atoms with Gasteiger partial charge in [-0.25, -0.2) is 9.59 Å². The molecule has 1 heterocycles. The highest BCUT2D eigenvalue weighted by atomic mass is 16.4. The Morgan fingerprint density at radius 3 is 2.69 bits per heavy atom. The van der Waals surface area contributed by atoms with Gasteiger partial charge >= 0.3 is 12.0 Å². The van der Waals surface area contributed by atoms with Crippen LogP contribution in [0.25, 0.3) is 0 Å². The molecule has 16 heavy (non-hydrogen) atoms. The first-order chi connectivity index (χ1) is 7.42. The van der Waals surface area contributed by atoms with E-state index in [1.54, 1.807) is 12.1 Å². The highest BCUT2D eigenvalue weighted by Crippen LogP contribution is 2.02. The summed E-state index contributed by atoms with van der Waals surface area (Å²) in [5.74, 6) is -0.496. The fraction of sp³-hybridized carbons (Fsp3) is 0.400. The van der Waals surface area contributed by atoms with Crippen molar-refractivity contribution in [3.05, 3.63) is 24.2 Å². The van der Waals surface area contributed by atoms with Crippen molar-refractivity contribution in [2.45, 2.75) is 25.9 Å². The number of carboxylic acids is 1. The quantitative estimate of drug-likeness (QED) is 0.712. The van der Waals surface area contributed by atoms with Gasteiger partial charge in [-0.2, -0.15) is 0 Å². The predicted octanol–water partition coefficient (Wildman–Crippen LogP) is 0.942. The van der Waals surface area contributed by atoms with Crippen molar-refractivity contribution >= 4 is 12.0 Å². The van der Waals surface area contributed by atoms with Crippen LogP contribution in [0.1, 0.15) is 19.6 Å². The highest BCUT2D eigenvalue weighted by molar-refractivity contribution is 5.85. The van der Waals surface area contributed by atoms with E-state index in [-0.39, 0.29) is 6.54 Å². The number of hydrogen-bond acceptors (Lipinski definition) is 3.